The van der Waals surface area contributed by atoms with E-state index in [0.717, 1.165) is 12.0 Å². The molecule has 1 amide bonds. The fourth-order valence-electron chi connectivity index (χ4n) is 2.58. The molecule has 1 unspecified atom stereocenters. The van der Waals surface area contributed by atoms with Gasteiger partial charge in [0.05, 0.1) is 6.07 Å². The van der Waals surface area contributed by atoms with Crippen LogP contribution in [0.2, 0.25) is 0 Å². The Labute approximate surface area is 120 Å². The molecule has 1 aliphatic heterocycles. The molecule has 0 radical (unpaired) electrons. The molecule has 20 heavy (non-hydrogen) atoms. The van der Waals surface area contributed by atoms with Crippen LogP contribution in [-0.2, 0) is 10.3 Å². The lowest BCUT2D eigenvalue weighted by Crippen LogP contribution is -2.46. The number of benzene rings is 1. The quantitative estimate of drug-likeness (QED) is 0.787. The van der Waals surface area contributed by atoms with E-state index in [1.807, 2.05) is 51.1 Å². The summed E-state index contributed by atoms with van der Waals surface area (Å²) in [6.45, 7) is 6.05. The highest BCUT2D eigenvalue weighted by molar-refractivity contribution is 5.71. The topological polar surface area (TPSA) is 53.3 Å². The van der Waals surface area contributed by atoms with Crippen molar-refractivity contribution in [2.75, 3.05) is 6.54 Å². The molecule has 0 aromatic heterocycles. The molecule has 106 valence electrons. The standard InChI is InChI=1S/C16H20N2O2/c1-15(2,3)20-14(19)18-11-7-10-16(18,12-17)13-8-5-4-6-9-13/h4-6,8-9H,7,10-11H2,1-3H3. The van der Waals surface area contributed by atoms with E-state index in [1.165, 1.54) is 0 Å². The van der Waals surface area contributed by atoms with E-state index in [9.17, 15) is 10.1 Å². The molecule has 1 aromatic carbocycles. The Hall–Kier alpha value is -2.02. The van der Waals surface area contributed by atoms with Crippen molar-refractivity contribution in [3.8, 4) is 6.07 Å². The Morgan fingerprint density at radius 3 is 2.55 bits per heavy atom. The molecule has 4 nitrogen and oxygen atoms in total. The minimum absolute atomic E-state index is 0.416. The average molecular weight is 272 g/mol. The van der Waals surface area contributed by atoms with E-state index < -0.39 is 17.2 Å². The number of nitriles is 1. The van der Waals surface area contributed by atoms with Crippen molar-refractivity contribution < 1.29 is 9.53 Å². The van der Waals surface area contributed by atoms with Gasteiger partial charge in [-0.25, -0.2) is 4.79 Å². The zero-order valence-electron chi connectivity index (χ0n) is 12.2. The molecule has 1 aromatic rings. The van der Waals surface area contributed by atoms with Crippen molar-refractivity contribution in [2.45, 2.75) is 44.8 Å². The van der Waals surface area contributed by atoms with E-state index >= 15 is 0 Å². The van der Waals surface area contributed by atoms with Gasteiger partial charge in [-0.2, -0.15) is 5.26 Å². The summed E-state index contributed by atoms with van der Waals surface area (Å²) in [6, 6.07) is 11.8. The molecule has 1 fully saturated rings. The molecular formula is C16H20N2O2. The predicted octanol–water partition coefficient (Wildman–Crippen LogP) is 3.44. The van der Waals surface area contributed by atoms with Gasteiger partial charge >= 0.3 is 6.09 Å². The monoisotopic (exact) mass is 272 g/mol. The number of carbonyl (C=O) groups excluding carboxylic acids is 1. The van der Waals surface area contributed by atoms with Crippen molar-refractivity contribution in [3.05, 3.63) is 35.9 Å². The van der Waals surface area contributed by atoms with Crippen molar-refractivity contribution in [1.29, 1.82) is 5.26 Å². The molecule has 1 aliphatic rings. The summed E-state index contributed by atoms with van der Waals surface area (Å²) in [6.07, 6.45) is 1.04. The summed E-state index contributed by atoms with van der Waals surface area (Å²) in [5.74, 6) is 0. The van der Waals surface area contributed by atoms with Crippen molar-refractivity contribution in [2.24, 2.45) is 0 Å². The third-order valence-electron chi connectivity index (χ3n) is 3.43. The maximum Gasteiger partial charge on any atom is 0.411 e. The number of nitrogens with zero attached hydrogens (tertiary/aromatic N) is 2. The van der Waals surface area contributed by atoms with Crippen LogP contribution in [0.5, 0.6) is 0 Å². The SMILES string of the molecule is CC(C)(C)OC(=O)N1CCCC1(C#N)c1ccccc1. The van der Waals surface area contributed by atoms with E-state index in [0.29, 0.717) is 13.0 Å². The first kappa shape index (κ1) is 14.4. The van der Waals surface area contributed by atoms with Gasteiger partial charge in [0.15, 0.2) is 5.54 Å². The maximum atomic E-state index is 12.4. The summed E-state index contributed by atoms with van der Waals surface area (Å²) in [5, 5.41) is 9.69. The molecule has 1 atom stereocenters. The highest BCUT2D eigenvalue weighted by atomic mass is 16.6. The Kier molecular flexibility index (Phi) is 3.71. The van der Waals surface area contributed by atoms with Gasteiger partial charge in [-0.1, -0.05) is 30.3 Å². The summed E-state index contributed by atoms with van der Waals surface area (Å²) in [4.78, 5) is 13.9. The predicted molar refractivity (Wildman–Crippen MR) is 75.9 cm³/mol. The highest BCUT2D eigenvalue weighted by Gasteiger charge is 2.47. The van der Waals surface area contributed by atoms with Gasteiger partial charge in [0.2, 0.25) is 0 Å². The number of hydrogen-bond acceptors (Lipinski definition) is 3. The smallest absolute Gasteiger partial charge is 0.411 e. The molecule has 2 rings (SSSR count). The van der Waals surface area contributed by atoms with E-state index in [1.54, 1.807) is 4.90 Å². The van der Waals surface area contributed by atoms with Gasteiger partial charge in [-0.3, -0.25) is 4.90 Å². The first-order valence-corrected chi connectivity index (χ1v) is 6.86. The Balaban J connectivity index is 2.34. The second-order valence-electron chi connectivity index (χ2n) is 6.07. The number of amides is 1. The van der Waals surface area contributed by atoms with E-state index in [-0.39, 0.29) is 0 Å². The Morgan fingerprint density at radius 1 is 1.35 bits per heavy atom. The zero-order valence-corrected chi connectivity index (χ0v) is 12.2. The molecule has 4 heteroatoms. The molecule has 0 bridgehead atoms. The van der Waals surface area contributed by atoms with Crippen LogP contribution in [0.4, 0.5) is 4.79 Å². The van der Waals surface area contributed by atoms with Gasteiger partial charge in [0.1, 0.15) is 5.60 Å². The summed E-state index contributed by atoms with van der Waals surface area (Å²) in [5.41, 5.74) is -0.605. The van der Waals surface area contributed by atoms with Crippen LogP contribution in [0.3, 0.4) is 0 Å². The van der Waals surface area contributed by atoms with Crippen LogP contribution in [0.1, 0.15) is 39.2 Å². The number of rotatable bonds is 1. The lowest BCUT2D eigenvalue weighted by atomic mass is 9.89. The van der Waals surface area contributed by atoms with Gasteiger partial charge in [0, 0.05) is 6.54 Å². The molecule has 0 spiro atoms. The Bertz CT molecular complexity index is 528. The fourth-order valence-corrected chi connectivity index (χ4v) is 2.58. The Morgan fingerprint density at radius 2 is 2.00 bits per heavy atom. The third kappa shape index (κ3) is 2.62. The van der Waals surface area contributed by atoms with Crippen LogP contribution in [0, 0.1) is 11.3 Å². The summed E-state index contributed by atoms with van der Waals surface area (Å²) in [7, 11) is 0. The van der Waals surface area contributed by atoms with Crippen molar-refractivity contribution in [3.63, 3.8) is 0 Å². The van der Waals surface area contributed by atoms with Crippen molar-refractivity contribution in [1.82, 2.24) is 4.90 Å². The van der Waals surface area contributed by atoms with Crippen LogP contribution < -0.4 is 0 Å². The number of ether oxygens (including phenoxy) is 1. The van der Waals surface area contributed by atoms with Crippen molar-refractivity contribution >= 4 is 6.09 Å². The highest BCUT2D eigenvalue weighted by Crippen LogP contribution is 2.39. The first-order chi connectivity index (χ1) is 9.39. The van der Waals surface area contributed by atoms with Crippen LogP contribution >= 0.6 is 0 Å². The van der Waals surface area contributed by atoms with Gasteiger partial charge in [-0.05, 0) is 39.2 Å². The zero-order chi connectivity index (χ0) is 14.8. The first-order valence-electron chi connectivity index (χ1n) is 6.86. The average Bonchev–Trinajstić information content (AvgIpc) is 2.83. The largest absolute Gasteiger partial charge is 0.444 e. The third-order valence-corrected chi connectivity index (χ3v) is 3.43. The summed E-state index contributed by atoms with van der Waals surface area (Å²) < 4.78 is 5.44. The van der Waals surface area contributed by atoms with Crippen LogP contribution in [0.25, 0.3) is 0 Å². The molecule has 1 saturated heterocycles. The molecule has 0 saturated carbocycles. The molecule has 1 heterocycles. The number of carbonyl (C=O) groups is 1. The minimum Gasteiger partial charge on any atom is -0.444 e. The molecule has 0 N–H and O–H groups in total. The lowest BCUT2D eigenvalue weighted by molar-refractivity contribution is 0.0151. The maximum absolute atomic E-state index is 12.4. The lowest BCUT2D eigenvalue weighted by Gasteiger charge is -2.34. The fraction of sp³-hybridized carbons (Fsp3) is 0.500. The number of hydrogen-bond donors (Lipinski definition) is 0. The van der Waals surface area contributed by atoms with E-state index in [4.69, 9.17) is 4.74 Å². The normalized spacial score (nSPS) is 22.4. The minimum atomic E-state index is -0.899. The second kappa shape index (κ2) is 5.16. The van der Waals surface area contributed by atoms with Gasteiger partial charge in [0.25, 0.3) is 0 Å². The molecule has 0 aliphatic carbocycles. The van der Waals surface area contributed by atoms with Gasteiger partial charge in [-0.15, -0.1) is 0 Å². The second-order valence-corrected chi connectivity index (χ2v) is 6.07. The van der Waals surface area contributed by atoms with Crippen LogP contribution in [-0.4, -0.2) is 23.1 Å². The van der Waals surface area contributed by atoms with E-state index in [2.05, 4.69) is 6.07 Å². The summed E-state index contributed by atoms with van der Waals surface area (Å²) >= 11 is 0. The molecular weight excluding hydrogens is 252 g/mol. The van der Waals surface area contributed by atoms with Gasteiger partial charge < -0.3 is 4.74 Å². The van der Waals surface area contributed by atoms with Crippen LogP contribution in [0.15, 0.2) is 30.3 Å². The number of likely N-dealkylation sites (tertiary alicyclic amines) is 1.